The number of nitrogens with zero attached hydrogens (tertiary/aromatic N) is 3. The number of hydrogen-bond acceptors (Lipinski definition) is 4. The highest BCUT2D eigenvalue weighted by Gasteiger charge is 2.41. The fourth-order valence-electron chi connectivity index (χ4n) is 3.05. The summed E-state index contributed by atoms with van der Waals surface area (Å²) in [6.45, 7) is 4.19. The standard InChI is InChI=1S/C13H20N4O2/c1-13(5-2-8-19-13)12(18)17-6-3-10(4-7-17)11-14-9-15-16-11/h9-10H,2-8H2,1H3,(H,14,15,16)/t13-/m0/s1. The van der Waals surface area contributed by atoms with E-state index in [1.54, 1.807) is 6.33 Å². The van der Waals surface area contributed by atoms with E-state index in [0.717, 1.165) is 44.6 Å². The highest BCUT2D eigenvalue weighted by Crippen LogP contribution is 2.31. The molecule has 1 amide bonds. The van der Waals surface area contributed by atoms with Crippen LogP contribution in [0.5, 0.6) is 0 Å². The number of H-pyrrole nitrogens is 1. The van der Waals surface area contributed by atoms with Crippen molar-refractivity contribution >= 4 is 5.91 Å². The molecule has 2 aliphatic rings. The third kappa shape index (κ3) is 2.36. The van der Waals surface area contributed by atoms with Crippen molar-refractivity contribution in [3.05, 3.63) is 12.2 Å². The Kier molecular flexibility index (Phi) is 3.26. The molecule has 1 aromatic rings. The Morgan fingerprint density at radius 1 is 1.53 bits per heavy atom. The van der Waals surface area contributed by atoms with E-state index < -0.39 is 5.60 Å². The van der Waals surface area contributed by atoms with E-state index in [-0.39, 0.29) is 5.91 Å². The zero-order valence-corrected chi connectivity index (χ0v) is 11.3. The highest BCUT2D eigenvalue weighted by atomic mass is 16.5. The van der Waals surface area contributed by atoms with E-state index >= 15 is 0 Å². The first-order valence-corrected chi connectivity index (χ1v) is 6.98. The Morgan fingerprint density at radius 2 is 2.32 bits per heavy atom. The summed E-state index contributed by atoms with van der Waals surface area (Å²) in [5.41, 5.74) is -0.584. The molecule has 2 aliphatic heterocycles. The minimum absolute atomic E-state index is 0.154. The lowest BCUT2D eigenvalue weighted by Gasteiger charge is -2.35. The van der Waals surface area contributed by atoms with Gasteiger partial charge < -0.3 is 9.64 Å². The smallest absolute Gasteiger partial charge is 0.254 e. The largest absolute Gasteiger partial charge is 0.365 e. The Morgan fingerprint density at radius 3 is 2.89 bits per heavy atom. The molecule has 0 radical (unpaired) electrons. The third-order valence-corrected chi connectivity index (χ3v) is 4.27. The van der Waals surface area contributed by atoms with Gasteiger partial charge in [0.15, 0.2) is 0 Å². The molecule has 0 saturated carbocycles. The van der Waals surface area contributed by atoms with Gasteiger partial charge in [-0.1, -0.05) is 0 Å². The molecule has 1 N–H and O–H groups in total. The summed E-state index contributed by atoms with van der Waals surface area (Å²) in [5, 5.41) is 6.81. The van der Waals surface area contributed by atoms with Crippen LogP contribution in [0, 0.1) is 0 Å². The molecule has 0 aromatic carbocycles. The van der Waals surface area contributed by atoms with Crippen LogP contribution in [0.2, 0.25) is 0 Å². The van der Waals surface area contributed by atoms with Crippen LogP contribution in [0.1, 0.15) is 44.3 Å². The molecule has 1 atom stereocenters. The van der Waals surface area contributed by atoms with Crippen molar-refractivity contribution in [2.24, 2.45) is 0 Å². The minimum Gasteiger partial charge on any atom is -0.365 e. The summed E-state index contributed by atoms with van der Waals surface area (Å²) < 4.78 is 5.63. The summed E-state index contributed by atoms with van der Waals surface area (Å²) in [4.78, 5) is 18.6. The van der Waals surface area contributed by atoms with Gasteiger partial charge in [0.2, 0.25) is 0 Å². The quantitative estimate of drug-likeness (QED) is 0.867. The van der Waals surface area contributed by atoms with Crippen molar-refractivity contribution in [1.29, 1.82) is 0 Å². The van der Waals surface area contributed by atoms with Gasteiger partial charge in [0.1, 0.15) is 17.8 Å². The lowest BCUT2D eigenvalue weighted by molar-refractivity contribution is -0.152. The summed E-state index contributed by atoms with van der Waals surface area (Å²) in [5.74, 6) is 1.49. The second-order valence-corrected chi connectivity index (χ2v) is 5.62. The molecule has 6 nitrogen and oxygen atoms in total. The average molecular weight is 264 g/mol. The summed E-state index contributed by atoms with van der Waals surface area (Å²) in [6.07, 6.45) is 5.25. The van der Waals surface area contributed by atoms with Crippen LogP contribution in [0.4, 0.5) is 0 Å². The molecule has 3 heterocycles. The van der Waals surface area contributed by atoms with E-state index in [9.17, 15) is 4.79 Å². The van der Waals surface area contributed by atoms with E-state index in [2.05, 4.69) is 15.2 Å². The number of carbonyl (C=O) groups is 1. The molecule has 6 heteroatoms. The first-order chi connectivity index (χ1) is 9.19. The van der Waals surface area contributed by atoms with Crippen molar-refractivity contribution in [1.82, 2.24) is 20.1 Å². The van der Waals surface area contributed by atoms with Crippen LogP contribution < -0.4 is 0 Å². The number of nitrogens with one attached hydrogen (secondary N) is 1. The van der Waals surface area contributed by atoms with Crippen LogP contribution in [0.15, 0.2) is 6.33 Å². The van der Waals surface area contributed by atoms with Crippen LogP contribution in [-0.2, 0) is 9.53 Å². The first kappa shape index (κ1) is 12.6. The number of ether oxygens (including phenoxy) is 1. The van der Waals surface area contributed by atoms with Crippen LogP contribution in [-0.4, -0.2) is 51.3 Å². The Labute approximate surface area is 112 Å². The van der Waals surface area contributed by atoms with Crippen molar-refractivity contribution in [3.63, 3.8) is 0 Å². The molecule has 0 aliphatic carbocycles. The number of aromatic amines is 1. The van der Waals surface area contributed by atoms with Gasteiger partial charge >= 0.3 is 0 Å². The fourth-order valence-corrected chi connectivity index (χ4v) is 3.05. The number of hydrogen-bond donors (Lipinski definition) is 1. The number of likely N-dealkylation sites (tertiary alicyclic amines) is 1. The number of piperidine rings is 1. The zero-order chi connectivity index (χ0) is 13.3. The van der Waals surface area contributed by atoms with E-state index in [0.29, 0.717) is 12.5 Å². The van der Waals surface area contributed by atoms with Crippen molar-refractivity contribution < 1.29 is 9.53 Å². The summed E-state index contributed by atoms with van der Waals surface area (Å²) in [6, 6.07) is 0. The van der Waals surface area contributed by atoms with Crippen LogP contribution in [0.25, 0.3) is 0 Å². The summed E-state index contributed by atoms with van der Waals surface area (Å²) in [7, 11) is 0. The zero-order valence-electron chi connectivity index (χ0n) is 11.3. The number of aromatic nitrogens is 3. The average Bonchev–Trinajstić information content (AvgIpc) is 3.10. The normalized spacial score (nSPS) is 28.8. The van der Waals surface area contributed by atoms with Gasteiger partial charge in [0, 0.05) is 25.6 Å². The fraction of sp³-hybridized carbons (Fsp3) is 0.769. The molecule has 2 fully saturated rings. The second kappa shape index (κ2) is 4.92. The Balaban J connectivity index is 1.59. The Hall–Kier alpha value is -1.43. The Bertz CT molecular complexity index is 432. The number of amides is 1. The maximum Gasteiger partial charge on any atom is 0.254 e. The van der Waals surface area contributed by atoms with Crippen LogP contribution >= 0.6 is 0 Å². The van der Waals surface area contributed by atoms with Crippen molar-refractivity contribution in [2.75, 3.05) is 19.7 Å². The molecule has 1 aromatic heterocycles. The maximum atomic E-state index is 12.5. The van der Waals surface area contributed by atoms with Gasteiger partial charge in [-0.05, 0) is 32.6 Å². The molecule has 0 unspecified atom stereocenters. The first-order valence-electron chi connectivity index (χ1n) is 6.98. The predicted octanol–water partition coefficient (Wildman–Crippen LogP) is 1.08. The lowest BCUT2D eigenvalue weighted by atomic mass is 9.93. The van der Waals surface area contributed by atoms with Crippen molar-refractivity contribution in [2.45, 2.75) is 44.1 Å². The lowest BCUT2D eigenvalue weighted by Crippen LogP contribution is -2.49. The second-order valence-electron chi connectivity index (χ2n) is 5.62. The number of carbonyl (C=O) groups excluding carboxylic acids is 1. The van der Waals surface area contributed by atoms with E-state index in [4.69, 9.17) is 4.74 Å². The molecule has 2 saturated heterocycles. The monoisotopic (exact) mass is 264 g/mol. The molecular formula is C13H20N4O2. The minimum atomic E-state index is -0.584. The molecular weight excluding hydrogens is 244 g/mol. The molecule has 19 heavy (non-hydrogen) atoms. The molecule has 3 rings (SSSR count). The predicted molar refractivity (Wildman–Crippen MR) is 68.5 cm³/mol. The highest BCUT2D eigenvalue weighted by molar-refractivity contribution is 5.85. The van der Waals surface area contributed by atoms with E-state index in [1.165, 1.54) is 0 Å². The van der Waals surface area contributed by atoms with Crippen molar-refractivity contribution in [3.8, 4) is 0 Å². The molecule has 104 valence electrons. The van der Waals surface area contributed by atoms with Gasteiger partial charge in [0.05, 0.1) is 0 Å². The van der Waals surface area contributed by atoms with Gasteiger partial charge in [-0.2, -0.15) is 5.10 Å². The number of rotatable bonds is 2. The molecule has 0 spiro atoms. The SMILES string of the molecule is C[C@@]1(C(=O)N2CCC(c3ncn[nH]3)CC2)CCCO1. The summed E-state index contributed by atoms with van der Waals surface area (Å²) >= 11 is 0. The van der Waals surface area contributed by atoms with Gasteiger partial charge in [0.25, 0.3) is 5.91 Å². The third-order valence-electron chi connectivity index (χ3n) is 4.27. The maximum absolute atomic E-state index is 12.5. The van der Waals surface area contributed by atoms with Gasteiger partial charge in [-0.3, -0.25) is 9.89 Å². The van der Waals surface area contributed by atoms with E-state index in [1.807, 2.05) is 11.8 Å². The topological polar surface area (TPSA) is 71.1 Å². The molecule has 0 bridgehead atoms. The van der Waals surface area contributed by atoms with Crippen LogP contribution in [0.3, 0.4) is 0 Å². The van der Waals surface area contributed by atoms with Gasteiger partial charge in [-0.25, -0.2) is 4.98 Å². The van der Waals surface area contributed by atoms with Gasteiger partial charge in [-0.15, -0.1) is 0 Å².